The van der Waals surface area contributed by atoms with Crippen molar-refractivity contribution < 1.29 is 9.53 Å². The van der Waals surface area contributed by atoms with Crippen LogP contribution in [-0.2, 0) is 11.3 Å². The highest BCUT2D eigenvalue weighted by atomic mass is 16.5. The summed E-state index contributed by atoms with van der Waals surface area (Å²) in [4.78, 5) is 13.8. The van der Waals surface area contributed by atoms with E-state index in [1.807, 2.05) is 43.0 Å². The minimum atomic E-state index is 0.176. The van der Waals surface area contributed by atoms with Gasteiger partial charge in [0.05, 0.1) is 12.6 Å². The van der Waals surface area contributed by atoms with E-state index in [-0.39, 0.29) is 12.0 Å². The van der Waals surface area contributed by atoms with E-state index >= 15 is 0 Å². The largest absolute Gasteiger partial charge is 0.491 e. The maximum atomic E-state index is 11.9. The molecule has 0 unspecified atom stereocenters. The molecular formula is C16H24N2O2. The lowest BCUT2D eigenvalue weighted by Crippen LogP contribution is -2.35. The van der Waals surface area contributed by atoms with Gasteiger partial charge in [-0.25, -0.2) is 0 Å². The van der Waals surface area contributed by atoms with Crippen molar-refractivity contribution >= 4 is 5.91 Å². The fraction of sp³-hybridized carbons (Fsp3) is 0.562. The van der Waals surface area contributed by atoms with E-state index in [0.29, 0.717) is 13.1 Å². The molecular weight excluding hydrogens is 252 g/mol. The van der Waals surface area contributed by atoms with Crippen LogP contribution in [0.4, 0.5) is 0 Å². The average Bonchev–Trinajstić information content (AvgIpc) is 2.92. The van der Waals surface area contributed by atoms with Crippen LogP contribution in [0.1, 0.15) is 32.3 Å². The second-order valence-electron chi connectivity index (χ2n) is 5.51. The Balaban J connectivity index is 1.77. The molecule has 4 nitrogen and oxygen atoms in total. The molecule has 1 aromatic rings. The van der Waals surface area contributed by atoms with Crippen molar-refractivity contribution in [3.8, 4) is 5.75 Å². The zero-order valence-electron chi connectivity index (χ0n) is 12.4. The normalized spacial score (nSPS) is 14.8. The van der Waals surface area contributed by atoms with E-state index in [1.165, 1.54) is 0 Å². The number of carbonyl (C=O) groups is 1. The quantitative estimate of drug-likeness (QED) is 0.866. The van der Waals surface area contributed by atoms with E-state index in [9.17, 15) is 4.79 Å². The summed E-state index contributed by atoms with van der Waals surface area (Å²) in [7, 11) is 0. The summed E-state index contributed by atoms with van der Waals surface area (Å²) in [6, 6.07) is 8.00. The smallest absolute Gasteiger partial charge is 0.236 e. The molecule has 2 rings (SSSR count). The number of hydrogen-bond donors (Lipinski definition) is 1. The number of rotatable bonds is 6. The monoisotopic (exact) mass is 276 g/mol. The van der Waals surface area contributed by atoms with Gasteiger partial charge in [0.2, 0.25) is 5.91 Å². The first kappa shape index (κ1) is 14.9. The molecule has 1 heterocycles. The molecule has 1 aliphatic rings. The lowest BCUT2D eigenvalue weighted by atomic mass is 10.2. The molecule has 0 saturated carbocycles. The molecule has 20 heavy (non-hydrogen) atoms. The molecule has 4 heteroatoms. The average molecular weight is 276 g/mol. The van der Waals surface area contributed by atoms with Crippen molar-refractivity contribution in [1.82, 2.24) is 10.2 Å². The Labute approximate surface area is 121 Å². The third-order valence-electron chi connectivity index (χ3n) is 3.33. The SMILES string of the molecule is CC(C)Oc1cccc(CNCC(=O)N2CCCC2)c1. The number of amides is 1. The van der Waals surface area contributed by atoms with Gasteiger partial charge in [-0.05, 0) is 44.4 Å². The van der Waals surface area contributed by atoms with Crippen LogP contribution in [-0.4, -0.2) is 36.5 Å². The molecule has 0 radical (unpaired) electrons. The van der Waals surface area contributed by atoms with Gasteiger partial charge in [0, 0.05) is 19.6 Å². The Kier molecular flexibility index (Phi) is 5.41. The second-order valence-corrected chi connectivity index (χ2v) is 5.51. The topological polar surface area (TPSA) is 41.6 Å². The third kappa shape index (κ3) is 4.53. The summed E-state index contributed by atoms with van der Waals surface area (Å²) < 4.78 is 5.66. The van der Waals surface area contributed by atoms with Crippen molar-refractivity contribution in [2.45, 2.75) is 39.3 Å². The van der Waals surface area contributed by atoms with E-state index in [1.54, 1.807) is 0 Å². The Bertz CT molecular complexity index is 440. The molecule has 1 aromatic carbocycles. The summed E-state index contributed by atoms with van der Waals surface area (Å²) >= 11 is 0. The first-order valence-corrected chi connectivity index (χ1v) is 7.39. The Morgan fingerprint density at radius 3 is 2.80 bits per heavy atom. The van der Waals surface area contributed by atoms with Crippen molar-refractivity contribution in [2.75, 3.05) is 19.6 Å². The lowest BCUT2D eigenvalue weighted by Gasteiger charge is -2.15. The van der Waals surface area contributed by atoms with E-state index < -0.39 is 0 Å². The molecule has 110 valence electrons. The highest BCUT2D eigenvalue weighted by Gasteiger charge is 2.16. The van der Waals surface area contributed by atoms with Gasteiger partial charge in [0.15, 0.2) is 0 Å². The first-order chi connectivity index (χ1) is 9.65. The molecule has 0 spiro atoms. The molecule has 0 bridgehead atoms. The Morgan fingerprint density at radius 1 is 1.35 bits per heavy atom. The maximum Gasteiger partial charge on any atom is 0.236 e. The number of nitrogens with one attached hydrogen (secondary N) is 1. The van der Waals surface area contributed by atoms with Gasteiger partial charge in [0.1, 0.15) is 5.75 Å². The number of ether oxygens (including phenoxy) is 1. The van der Waals surface area contributed by atoms with Crippen LogP contribution in [0.15, 0.2) is 24.3 Å². The molecule has 1 aliphatic heterocycles. The van der Waals surface area contributed by atoms with Crippen LogP contribution < -0.4 is 10.1 Å². The summed E-state index contributed by atoms with van der Waals surface area (Å²) in [5.41, 5.74) is 1.14. The molecule has 1 saturated heterocycles. The van der Waals surface area contributed by atoms with Crippen LogP contribution in [0.5, 0.6) is 5.75 Å². The molecule has 0 atom stereocenters. The molecule has 0 aromatic heterocycles. The van der Waals surface area contributed by atoms with Gasteiger partial charge in [-0.2, -0.15) is 0 Å². The fourth-order valence-electron chi connectivity index (χ4n) is 2.39. The lowest BCUT2D eigenvalue weighted by molar-refractivity contribution is -0.129. The van der Waals surface area contributed by atoms with Gasteiger partial charge in [-0.1, -0.05) is 12.1 Å². The van der Waals surface area contributed by atoms with Crippen LogP contribution >= 0.6 is 0 Å². The Morgan fingerprint density at radius 2 is 2.10 bits per heavy atom. The van der Waals surface area contributed by atoms with Crippen LogP contribution in [0.2, 0.25) is 0 Å². The molecule has 0 aliphatic carbocycles. The zero-order valence-corrected chi connectivity index (χ0v) is 12.4. The van der Waals surface area contributed by atoms with E-state index in [0.717, 1.165) is 37.2 Å². The first-order valence-electron chi connectivity index (χ1n) is 7.39. The summed E-state index contributed by atoms with van der Waals surface area (Å²) in [5, 5.41) is 3.21. The zero-order chi connectivity index (χ0) is 14.4. The van der Waals surface area contributed by atoms with Gasteiger partial charge >= 0.3 is 0 Å². The number of hydrogen-bond acceptors (Lipinski definition) is 3. The van der Waals surface area contributed by atoms with Crippen molar-refractivity contribution in [3.63, 3.8) is 0 Å². The molecule has 1 amide bonds. The number of carbonyl (C=O) groups excluding carboxylic acids is 1. The van der Waals surface area contributed by atoms with Gasteiger partial charge in [0.25, 0.3) is 0 Å². The van der Waals surface area contributed by atoms with Crippen molar-refractivity contribution in [3.05, 3.63) is 29.8 Å². The number of nitrogens with zero attached hydrogens (tertiary/aromatic N) is 1. The highest BCUT2D eigenvalue weighted by Crippen LogP contribution is 2.14. The van der Waals surface area contributed by atoms with Crippen LogP contribution in [0, 0.1) is 0 Å². The van der Waals surface area contributed by atoms with E-state index in [2.05, 4.69) is 5.32 Å². The van der Waals surface area contributed by atoms with Crippen LogP contribution in [0.3, 0.4) is 0 Å². The number of likely N-dealkylation sites (tertiary alicyclic amines) is 1. The molecule has 1 fully saturated rings. The maximum absolute atomic E-state index is 11.9. The van der Waals surface area contributed by atoms with Gasteiger partial charge < -0.3 is 15.0 Å². The highest BCUT2D eigenvalue weighted by molar-refractivity contribution is 5.78. The summed E-state index contributed by atoms with van der Waals surface area (Å²) in [6.45, 7) is 6.96. The minimum absolute atomic E-state index is 0.176. The fourth-order valence-corrected chi connectivity index (χ4v) is 2.39. The summed E-state index contributed by atoms with van der Waals surface area (Å²) in [6.07, 6.45) is 2.45. The second kappa shape index (κ2) is 7.29. The van der Waals surface area contributed by atoms with E-state index in [4.69, 9.17) is 4.74 Å². The van der Waals surface area contributed by atoms with Crippen LogP contribution in [0.25, 0.3) is 0 Å². The van der Waals surface area contributed by atoms with Crippen molar-refractivity contribution in [1.29, 1.82) is 0 Å². The summed E-state index contributed by atoms with van der Waals surface area (Å²) in [5.74, 6) is 1.09. The minimum Gasteiger partial charge on any atom is -0.491 e. The van der Waals surface area contributed by atoms with Gasteiger partial charge in [-0.3, -0.25) is 4.79 Å². The third-order valence-corrected chi connectivity index (χ3v) is 3.33. The Hall–Kier alpha value is -1.55. The predicted molar refractivity (Wildman–Crippen MR) is 79.7 cm³/mol. The molecule has 1 N–H and O–H groups in total. The van der Waals surface area contributed by atoms with Crippen molar-refractivity contribution in [2.24, 2.45) is 0 Å². The standard InChI is InChI=1S/C16H24N2O2/c1-13(2)20-15-7-5-6-14(10-15)11-17-12-16(19)18-8-3-4-9-18/h5-7,10,13,17H,3-4,8-9,11-12H2,1-2H3. The number of benzene rings is 1. The predicted octanol–water partition coefficient (Wildman–Crippen LogP) is 2.19. The van der Waals surface area contributed by atoms with Gasteiger partial charge in [-0.15, -0.1) is 0 Å².